The van der Waals surface area contributed by atoms with Crippen LogP contribution < -0.4 is 46.8 Å². The van der Waals surface area contributed by atoms with Gasteiger partial charge in [0.25, 0.3) is 6.71 Å². The normalized spacial score (nSPS) is 13.7. The van der Waals surface area contributed by atoms with Gasteiger partial charge in [-0.2, -0.15) is 0 Å². The van der Waals surface area contributed by atoms with Gasteiger partial charge in [0.1, 0.15) is 11.5 Å². The lowest BCUT2D eigenvalue weighted by Crippen LogP contribution is -2.77. The molecule has 0 fully saturated rings. The average Bonchev–Trinajstić information content (AvgIpc) is 3.30. The molecule has 0 saturated heterocycles. The molecule has 298 valence electrons. The molecule has 8 aromatic rings. The van der Waals surface area contributed by atoms with Crippen LogP contribution in [0.2, 0.25) is 0 Å². The number of rotatable bonds is 8. The van der Waals surface area contributed by atoms with Crippen molar-refractivity contribution in [1.29, 1.82) is 0 Å². The first kappa shape index (κ1) is 38.8. The molecule has 2 aliphatic rings. The molecule has 10 rings (SSSR count). The van der Waals surface area contributed by atoms with E-state index in [4.69, 9.17) is 4.74 Å². The maximum atomic E-state index is 6.89. The van der Waals surface area contributed by atoms with E-state index in [0.29, 0.717) is 17.8 Å². The summed E-state index contributed by atoms with van der Waals surface area (Å²) in [6, 6.07) is 70.4. The lowest BCUT2D eigenvalue weighted by atomic mass is 9.34. The first-order valence-electron chi connectivity index (χ1n) is 22.0. The van der Waals surface area contributed by atoms with Crippen molar-refractivity contribution in [1.82, 2.24) is 0 Å². The topological polar surface area (TPSA) is 12.5 Å². The summed E-state index contributed by atoms with van der Waals surface area (Å²) in [7, 11) is -2.70. The number of hydrogen-bond acceptors (Lipinski definition) is 2. The second kappa shape index (κ2) is 15.6. The first-order chi connectivity index (χ1) is 29.8. The van der Waals surface area contributed by atoms with Crippen LogP contribution >= 0.6 is 0 Å². The Bertz CT molecular complexity index is 2780. The quantitative estimate of drug-likeness (QED) is 0.142. The Labute approximate surface area is 363 Å². The molecule has 0 bridgehead atoms. The Balaban J connectivity index is 1.12. The van der Waals surface area contributed by atoms with Crippen LogP contribution in [0.1, 0.15) is 76.0 Å². The van der Waals surface area contributed by atoms with Crippen LogP contribution in [0, 0.1) is 0 Å². The van der Waals surface area contributed by atoms with Crippen molar-refractivity contribution in [3.8, 4) is 22.6 Å². The van der Waals surface area contributed by atoms with Gasteiger partial charge in [0.15, 0.2) is 8.07 Å². The van der Waals surface area contributed by atoms with Gasteiger partial charge in [-0.25, -0.2) is 0 Å². The van der Waals surface area contributed by atoms with Crippen LogP contribution in [-0.2, 0) is 0 Å². The van der Waals surface area contributed by atoms with E-state index in [9.17, 15) is 0 Å². The van der Waals surface area contributed by atoms with Gasteiger partial charge in [-0.05, 0) is 114 Å². The monoisotopic (exact) mass is 805 g/mol. The highest BCUT2D eigenvalue weighted by molar-refractivity contribution is 7.21. The van der Waals surface area contributed by atoms with Crippen LogP contribution in [0.3, 0.4) is 0 Å². The summed E-state index contributed by atoms with van der Waals surface area (Å²) in [5.74, 6) is 3.09. The molecule has 61 heavy (non-hydrogen) atoms. The molecule has 0 radical (unpaired) electrons. The molecule has 0 saturated carbocycles. The fourth-order valence-electron chi connectivity index (χ4n) is 10.3. The fraction of sp³-hybridized carbons (Fsp3) is 0.158. The van der Waals surface area contributed by atoms with Gasteiger partial charge < -0.3 is 9.64 Å². The zero-order valence-electron chi connectivity index (χ0n) is 36.1. The van der Waals surface area contributed by atoms with Crippen molar-refractivity contribution in [3.05, 3.63) is 205 Å². The zero-order chi connectivity index (χ0) is 41.8. The SMILES string of the molecule is CC(C)c1cc(C(C)C)c(B2c3ccccc3Oc3cc(-c4cccc(N5c6ccccc6[Si](c6ccccc6)(c6ccccc6)c6ccccc65)c4)ccc32)c(C(C)C)c1. The minimum Gasteiger partial charge on any atom is -0.458 e. The first-order valence-corrected chi connectivity index (χ1v) is 24.0. The van der Waals surface area contributed by atoms with E-state index in [1.807, 2.05) is 0 Å². The lowest BCUT2D eigenvalue weighted by molar-refractivity contribution is 0.487. The van der Waals surface area contributed by atoms with E-state index < -0.39 is 8.07 Å². The van der Waals surface area contributed by atoms with Gasteiger partial charge in [0, 0.05) is 17.1 Å². The summed E-state index contributed by atoms with van der Waals surface area (Å²) in [6.07, 6.45) is 0. The number of para-hydroxylation sites is 3. The third-order valence-corrected chi connectivity index (χ3v) is 18.0. The van der Waals surface area contributed by atoms with Gasteiger partial charge >= 0.3 is 0 Å². The number of fused-ring (bicyclic) bond motifs is 4. The molecule has 0 atom stereocenters. The Hall–Kier alpha value is -6.36. The van der Waals surface area contributed by atoms with Gasteiger partial charge in [-0.15, -0.1) is 0 Å². The van der Waals surface area contributed by atoms with E-state index in [-0.39, 0.29) is 6.71 Å². The maximum absolute atomic E-state index is 6.89. The highest BCUT2D eigenvalue weighted by Crippen LogP contribution is 2.40. The molecule has 0 N–H and O–H groups in total. The summed E-state index contributed by atoms with van der Waals surface area (Å²) in [6.45, 7) is 14.1. The summed E-state index contributed by atoms with van der Waals surface area (Å²) in [5, 5.41) is 5.57. The van der Waals surface area contributed by atoms with Crippen molar-refractivity contribution in [2.24, 2.45) is 0 Å². The van der Waals surface area contributed by atoms with Crippen molar-refractivity contribution in [2.45, 2.75) is 59.3 Å². The average molecular weight is 806 g/mol. The van der Waals surface area contributed by atoms with E-state index in [1.54, 1.807) is 0 Å². The number of anilines is 3. The minimum atomic E-state index is -2.70. The second-order valence-corrected chi connectivity index (χ2v) is 21.5. The molecule has 0 aliphatic carbocycles. The number of nitrogens with zero attached hydrogens (tertiary/aromatic N) is 1. The molecule has 2 aliphatic heterocycles. The Morgan fingerprint density at radius 2 is 0.967 bits per heavy atom. The molecule has 8 aromatic carbocycles. The van der Waals surface area contributed by atoms with Crippen LogP contribution in [-0.4, -0.2) is 14.8 Å². The van der Waals surface area contributed by atoms with Crippen LogP contribution in [0.4, 0.5) is 17.1 Å². The molecule has 0 amide bonds. The minimum absolute atomic E-state index is 0.0661. The highest BCUT2D eigenvalue weighted by Gasteiger charge is 2.48. The van der Waals surface area contributed by atoms with Crippen LogP contribution in [0.25, 0.3) is 11.1 Å². The van der Waals surface area contributed by atoms with Crippen LogP contribution in [0.15, 0.2) is 188 Å². The largest absolute Gasteiger partial charge is 0.458 e. The highest BCUT2D eigenvalue weighted by atomic mass is 28.3. The van der Waals surface area contributed by atoms with Crippen LogP contribution in [0.5, 0.6) is 11.5 Å². The Kier molecular flexibility index (Phi) is 9.92. The lowest BCUT2D eigenvalue weighted by Gasteiger charge is -2.45. The van der Waals surface area contributed by atoms with Gasteiger partial charge in [0.05, 0.1) is 0 Å². The molecular formula is C57H52BNOSi. The van der Waals surface area contributed by atoms with E-state index in [0.717, 1.165) is 28.3 Å². The van der Waals surface area contributed by atoms with Crippen molar-refractivity contribution >= 4 is 69.0 Å². The standard InChI is InChI=1S/C57H52BNOSi/c1-38(2)43-35-47(39(3)4)57(48(36-43)40(5)6)58-49-26-13-16-29-53(49)60-54-37-42(32-33-50(54)58)41-20-19-21-44(34-41)59-51-27-14-17-30-55(51)61(45-22-9-7-10-23-45,46-24-11-8-12-25-46)56-31-18-15-28-52(56)59/h7-40H,1-6H3. The summed E-state index contributed by atoms with van der Waals surface area (Å²) in [4.78, 5) is 2.49. The third kappa shape index (κ3) is 6.39. The Morgan fingerprint density at radius 1 is 0.443 bits per heavy atom. The van der Waals surface area contributed by atoms with Crippen molar-refractivity contribution in [3.63, 3.8) is 0 Å². The van der Waals surface area contributed by atoms with Crippen molar-refractivity contribution in [2.75, 3.05) is 4.90 Å². The number of hydrogen-bond donors (Lipinski definition) is 0. The summed E-state index contributed by atoms with van der Waals surface area (Å²) >= 11 is 0. The second-order valence-electron chi connectivity index (χ2n) is 17.8. The molecule has 0 spiro atoms. The number of ether oxygens (including phenoxy) is 1. The molecule has 2 heterocycles. The molecule has 2 nitrogen and oxygen atoms in total. The van der Waals surface area contributed by atoms with Crippen molar-refractivity contribution < 1.29 is 4.74 Å². The van der Waals surface area contributed by atoms with E-state index in [1.165, 1.54) is 65.2 Å². The van der Waals surface area contributed by atoms with Gasteiger partial charge in [0.2, 0.25) is 0 Å². The zero-order valence-corrected chi connectivity index (χ0v) is 37.1. The summed E-state index contributed by atoms with van der Waals surface area (Å²) in [5.41, 5.74) is 14.1. The molecule has 0 unspecified atom stereocenters. The fourth-order valence-corrected chi connectivity index (χ4v) is 15.4. The predicted molar refractivity (Wildman–Crippen MR) is 264 cm³/mol. The molecular weight excluding hydrogens is 754 g/mol. The van der Waals surface area contributed by atoms with E-state index >= 15 is 0 Å². The predicted octanol–water partition coefficient (Wildman–Crippen LogP) is 10.5. The van der Waals surface area contributed by atoms with Gasteiger partial charge in [-0.1, -0.05) is 199 Å². The third-order valence-electron chi connectivity index (χ3n) is 13.2. The maximum Gasteiger partial charge on any atom is 0.251 e. The number of benzene rings is 8. The molecule has 4 heteroatoms. The smallest absolute Gasteiger partial charge is 0.251 e. The Morgan fingerprint density at radius 3 is 1.56 bits per heavy atom. The summed E-state index contributed by atoms with van der Waals surface area (Å²) < 4.78 is 6.89. The van der Waals surface area contributed by atoms with E-state index in [2.05, 4.69) is 234 Å². The van der Waals surface area contributed by atoms with Gasteiger partial charge in [-0.3, -0.25) is 0 Å². The molecule has 0 aromatic heterocycles.